The molecule has 0 radical (unpaired) electrons. The number of imidazole rings is 1. The number of pyridine rings is 1. The number of para-hydroxylation sites is 1. The third-order valence-electron chi connectivity index (χ3n) is 4.20. The van der Waals surface area contributed by atoms with Gasteiger partial charge in [-0.3, -0.25) is 9.55 Å². The monoisotopic (exact) mass is 304 g/mol. The van der Waals surface area contributed by atoms with Crippen LogP contribution in [-0.2, 0) is 0 Å². The number of piperidine rings is 1. The maximum atomic E-state index is 14.3. The van der Waals surface area contributed by atoms with E-state index >= 15 is 0 Å². The number of hydrogen-bond acceptors (Lipinski definition) is 3. The summed E-state index contributed by atoms with van der Waals surface area (Å²) in [5.74, 6) is -2.97. The van der Waals surface area contributed by atoms with Crippen molar-refractivity contribution < 1.29 is 8.78 Å². The SMILES string of the molecule is O=c1[nH]c2cnc3ccccc3c2n1C1CCNCC1(F)F. The van der Waals surface area contributed by atoms with E-state index in [0.29, 0.717) is 28.5 Å². The number of halogens is 2. The molecular weight excluding hydrogens is 290 g/mol. The Bertz CT molecular complexity index is 915. The molecule has 2 N–H and O–H groups in total. The van der Waals surface area contributed by atoms with E-state index in [1.54, 1.807) is 12.1 Å². The smallest absolute Gasteiger partial charge is 0.311 e. The van der Waals surface area contributed by atoms with Gasteiger partial charge in [0.2, 0.25) is 0 Å². The van der Waals surface area contributed by atoms with Crippen LogP contribution in [0.15, 0.2) is 35.3 Å². The highest BCUT2D eigenvalue weighted by molar-refractivity contribution is 6.01. The Morgan fingerprint density at radius 3 is 2.95 bits per heavy atom. The topological polar surface area (TPSA) is 62.7 Å². The molecule has 7 heteroatoms. The van der Waals surface area contributed by atoms with E-state index in [9.17, 15) is 13.6 Å². The molecule has 114 valence electrons. The molecule has 3 heterocycles. The van der Waals surface area contributed by atoms with Crippen molar-refractivity contribution >= 4 is 21.9 Å². The largest absolute Gasteiger partial charge is 0.326 e. The van der Waals surface area contributed by atoms with Crippen LogP contribution in [0.25, 0.3) is 21.9 Å². The Labute approximate surface area is 124 Å². The Balaban J connectivity index is 2.06. The van der Waals surface area contributed by atoms with Crippen molar-refractivity contribution in [3.8, 4) is 0 Å². The van der Waals surface area contributed by atoms with Crippen molar-refractivity contribution in [3.63, 3.8) is 0 Å². The van der Waals surface area contributed by atoms with Crippen molar-refractivity contribution in [1.82, 2.24) is 19.9 Å². The molecule has 1 aromatic carbocycles. The molecule has 0 bridgehead atoms. The van der Waals surface area contributed by atoms with Gasteiger partial charge in [-0.25, -0.2) is 13.6 Å². The number of rotatable bonds is 1. The number of aromatic amines is 1. The van der Waals surface area contributed by atoms with Gasteiger partial charge in [-0.1, -0.05) is 18.2 Å². The lowest BCUT2D eigenvalue weighted by molar-refractivity contribution is -0.0655. The summed E-state index contributed by atoms with van der Waals surface area (Å²) >= 11 is 0. The predicted octanol–water partition coefficient (Wildman–Crippen LogP) is 2.05. The van der Waals surface area contributed by atoms with Gasteiger partial charge in [-0.05, 0) is 19.0 Å². The average Bonchev–Trinajstić information content (AvgIpc) is 2.83. The van der Waals surface area contributed by atoms with Gasteiger partial charge in [0.1, 0.15) is 6.04 Å². The van der Waals surface area contributed by atoms with Crippen LogP contribution in [-0.4, -0.2) is 33.5 Å². The van der Waals surface area contributed by atoms with Crippen molar-refractivity contribution in [2.75, 3.05) is 13.1 Å². The van der Waals surface area contributed by atoms with Gasteiger partial charge in [0.15, 0.2) is 0 Å². The van der Waals surface area contributed by atoms with E-state index in [1.807, 2.05) is 12.1 Å². The Morgan fingerprint density at radius 2 is 2.14 bits per heavy atom. The van der Waals surface area contributed by atoms with Gasteiger partial charge >= 0.3 is 5.69 Å². The van der Waals surface area contributed by atoms with Crippen molar-refractivity contribution in [3.05, 3.63) is 40.9 Å². The molecule has 0 spiro atoms. The molecule has 1 saturated heterocycles. The summed E-state index contributed by atoms with van der Waals surface area (Å²) in [5, 5.41) is 3.39. The van der Waals surface area contributed by atoms with Gasteiger partial charge in [0.05, 0.1) is 29.3 Å². The maximum absolute atomic E-state index is 14.3. The highest BCUT2D eigenvalue weighted by Gasteiger charge is 2.44. The standard InChI is InChI=1S/C15H14F2N4O/c16-15(17)8-18-6-5-12(15)21-13-9-3-1-2-4-10(9)19-7-11(13)20-14(21)22/h1-4,7,12,18H,5-6,8H2,(H,20,22). The Kier molecular flexibility index (Phi) is 2.80. The molecule has 0 aliphatic carbocycles. The van der Waals surface area contributed by atoms with Crippen LogP contribution in [0.5, 0.6) is 0 Å². The minimum atomic E-state index is -2.97. The summed E-state index contributed by atoms with van der Waals surface area (Å²) < 4.78 is 29.8. The van der Waals surface area contributed by atoms with Crippen LogP contribution >= 0.6 is 0 Å². The van der Waals surface area contributed by atoms with Crippen molar-refractivity contribution in [2.45, 2.75) is 18.4 Å². The lowest BCUT2D eigenvalue weighted by Crippen LogP contribution is -2.48. The van der Waals surface area contributed by atoms with E-state index < -0.39 is 24.2 Å². The number of hydrogen-bond donors (Lipinski definition) is 2. The van der Waals surface area contributed by atoms with E-state index in [-0.39, 0.29) is 6.42 Å². The second-order valence-corrected chi connectivity index (χ2v) is 5.58. The van der Waals surface area contributed by atoms with Gasteiger partial charge in [-0.2, -0.15) is 0 Å². The molecule has 22 heavy (non-hydrogen) atoms. The van der Waals surface area contributed by atoms with Crippen LogP contribution in [0, 0.1) is 0 Å². The second-order valence-electron chi connectivity index (χ2n) is 5.58. The van der Waals surface area contributed by atoms with Crippen LogP contribution in [0.2, 0.25) is 0 Å². The first kappa shape index (κ1) is 13.4. The first-order valence-electron chi connectivity index (χ1n) is 7.14. The zero-order valence-corrected chi connectivity index (χ0v) is 11.6. The van der Waals surface area contributed by atoms with E-state index in [1.165, 1.54) is 10.8 Å². The summed E-state index contributed by atoms with van der Waals surface area (Å²) in [5.41, 5.74) is 1.15. The Morgan fingerprint density at radius 1 is 1.32 bits per heavy atom. The van der Waals surface area contributed by atoms with Crippen LogP contribution < -0.4 is 11.0 Å². The molecule has 3 aromatic rings. The first-order chi connectivity index (χ1) is 10.6. The summed E-state index contributed by atoms with van der Waals surface area (Å²) in [6, 6.07) is 6.09. The summed E-state index contributed by atoms with van der Waals surface area (Å²) in [7, 11) is 0. The second kappa shape index (κ2) is 4.61. The van der Waals surface area contributed by atoms with E-state index in [0.717, 1.165) is 0 Å². The van der Waals surface area contributed by atoms with Crippen LogP contribution in [0.1, 0.15) is 12.5 Å². The number of H-pyrrole nitrogens is 1. The highest BCUT2D eigenvalue weighted by Crippen LogP contribution is 2.35. The third-order valence-corrected chi connectivity index (χ3v) is 4.20. The van der Waals surface area contributed by atoms with Crippen molar-refractivity contribution in [1.29, 1.82) is 0 Å². The van der Waals surface area contributed by atoms with Gasteiger partial charge in [0.25, 0.3) is 5.92 Å². The van der Waals surface area contributed by atoms with Gasteiger partial charge in [0, 0.05) is 5.39 Å². The molecule has 5 nitrogen and oxygen atoms in total. The summed E-state index contributed by atoms with van der Waals surface area (Å²) in [6.07, 6.45) is 1.73. The fraction of sp³-hybridized carbons (Fsp3) is 0.333. The number of alkyl halides is 2. The third kappa shape index (κ3) is 1.85. The number of aromatic nitrogens is 3. The van der Waals surface area contributed by atoms with Gasteiger partial charge in [-0.15, -0.1) is 0 Å². The maximum Gasteiger partial charge on any atom is 0.326 e. The number of nitrogens with one attached hydrogen (secondary N) is 2. The van der Waals surface area contributed by atoms with E-state index in [4.69, 9.17) is 0 Å². The molecule has 0 amide bonds. The molecule has 1 fully saturated rings. The zero-order valence-electron chi connectivity index (χ0n) is 11.6. The lowest BCUT2D eigenvalue weighted by atomic mass is 10.0. The minimum absolute atomic E-state index is 0.205. The molecule has 4 rings (SSSR count). The zero-order chi connectivity index (χ0) is 15.3. The minimum Gasteiger partial charge on any atom is -0.311 e. The number of nitrogens with zero attached hydrogens (tertiary/aromatic N) is 2. The quantitative estimate of drug-likeness (QED) is 0.723. The van der Waals surface area contributed by atoms with Crippen molar-refractivity contribution in [2.24, 2.45) is 0 Å². The molecule has 1 aliphatic rings. The fourth-order valence-corrected chi connectivity index (χ4v) is 3.19. The predicted molar refractivity (Wildman–Crippen MR) is 79.3 cm³/mol. The van der Waals surface area contributed by atoms with Crippen LogP contribution in [0.4, 0.5) is 8.78 Å². The van der Waals surface area contributed by atoms with Gasteiger partial charge < -0.3 is 10.3 Å². The molecule has 1 aliphatic heterocycles. The Hall–Kier alpha value is -2.28. The summed E-state index contributed by atoms with van der Waals surface area (Å²) in [4.78, 5) is 19.2. The first-order valence-corrected chi connectivity index (χ1v) is 7.14. The van der Waals surface area contributed by atoms with Crippen LogP contribution in [0.3, 0.4) is 0 Å². The van der Waals surface area contributed by atoms with E-state index in [2.05, 4.69) is 15.3 Å². The summed E-state index contributed by atoms with van der Waals surface area (Å²) in [6.45, 7) is 0.0438. The molecule has 0 saturated carbocycles. The number of benzene rings is 1. The molecular formula is C15H14F2N4O. The normalized spacial score (nSPS) is 21.5. The fourth-order valence-electron chi connectivity index (χ4n) is 3.19. The molecule has 1 unspecified atom stereocenters. The highest BCUT2D eigenvalue weighted by atomic mass is 19.3. The number of fused-ring (bicyclic) bond motifs is 3. The molecule has 1 atom stereocenters. The molecule has 2 aromatic heterocycles. The lowest BCUT2D eigenvalue weighted by Gasteiger charge is -2.32. The average molecular weight is 304 g/mol.